The van der Waals surface area contributed by atoms with Crippen LogP contribution in [0.5, 0.6) is 0 Å². The Balaban J connectivity index is 1.75. The normalized spacial score (nSPS) is 14.0. The van der Waals surface area contributed by atoms with E-state index < -0.39 is 10.0 Å². The monoisotopic (exact) mass is 361 g/mol. The van der Waals surface area contributed by atoms with E-state index in [9.17, 15) is 13.2 Å². The molecule has 0 unspecified atom stereocenters. The van der Waals surface area contributed by atoms with Gasteiger partial charge in [-0.1, -0.05) is 18.2 Å². The number of para-hydroxylation sites is 1. The molecule has 1 N–H and O–H groups in total. The number of hydrogen-bond acceptors (Lipinski definition) is 4. The molecule has 2 aromatic rings. The molecule has 0 bridgehead atoms. The molecule has 0 spiro atoms. The van der Waals surface area contributed by atoms with Crippen LogP contribution in [0.3, 0.4) is 0 Å². The molecule has 0 saturated heterocycles. The maximum absolute atomic E-state index is 12.8. The van der Waals surface area contributed by atoms with E-state index in [4.69, 9.17) is 4.98 Å². The maximum Gasteiger partial charge on any atom is 0.252 e. The summed E-state index contributed by atoms with van der Waals surface area (Å²) in [6, 6.07) is 7.72. The molecular formula is C18H23N3O3S. The first-order valence-corrected chi connectivity index (χ1v) is 10.3. The number of pyridine rings is 1. The Morgan fingerprint density at radius 2 is 2.04 bits per heavy atom. The number of hydrogen-bond donors (Lipinski definition) is 1. The topological polar surface area (TPSA) is 79.4 Å². The third-order valence-corrected chi connectivity index (χ3v) is 5.96. The van der Waals surface area contributed by atoms with Crippen LogP contribution in [0.25, 0.3) is 10.9 Å². The van der Waals surface area contributed by atoms with Gasteiger partial charge in [0, 0.05) is 31.2 Å². The molecule has 7 heteroatoms. The fraction of sp³-hybridized carbons (Fsp3) is 0.444. The smallest absolute Gasteiger partial charge is 0.252 e. The Kier molecular flexibility index (Phi) is 5.06. The zero-order valence-electron chi connectivity index (χ0n) is 14.6. The number of amides is 1. The molecule has 0 saturated carbocycles. The van der Waals surface area contributed by atoms with Crippen molar-refractivity contribution in [2.75, 3.05) is 26.4 Å². The first-order valence-electron chi connectivity index (χ1n) is 8.48. The van der Waals surface area contributed by atoms with Crippen LogP contribution in [0, 0.1) is 0 Å². The van der Waals surface area contributed by atoms with Gasteiger partial charge < -0.3 is 5.32 Å². The molecule has 1 aliphatic carbocycles. The molecule has 1 heterocycles. The molecule has 1 aromatic heterocycles. The van der Waals surface area contributed by atoms with E-state index in [2.05, 4.69) is 5.32 Å². The second-order valence-electron chi connectivity index (χ2n) is 6.48. The lowest BCUT2D eigenvalue weighted by Crippen LogP contribution is -2.31. The van der Waals surface area contributed by atoms with E-state index in [1.165, 1.54) is 10.6 Å². The predicted octanol–water partition coefficient (Wildman–Crippen LogP) is 1.73. The van der Waals surface area contributed by atoms with Crippen LogP contribution in [0.1, 0.15) is 34.5 Å². The van der Waals surface area contributed by atoms with Gasteiger partial charge in [0.15, 0.2) is 0 Å². The highest BCUT2D eigenvalue weighted by Crippen LogP contribution is 2.29. The van der Waals surface area contributed by atoms with Gasteiger partial charge in [-0.2, -0.15) is 0 Å². The van der Waals surface area contributed by atoms with Gasteiger partial charge >= 0.3 is 0 Å². The molecule has 0 radical (unpaired) electrons. The van der Waals surface area contributed by atoms with Gasteiger partial charge in [-0.15, -0.1) is 0 Å². The number of benzene rings is 1. The summed E-state index contributed by atoms with van der Waals surface area (Å²) in [5.74, 6) is -0.0984. The van der Waals surface area contributed by atoms with Gasteiger partial charge in [-0.25, -0.2) is 12.7 Å². The van der Waals surface area contributed by atoms with Crippen LogP contribution in [-0.2, 0) is 22.9 Å². The number of fused-ring (bicyclic) bond motifs is 2. The van der Waals surface area contributed by atoms with Crippen molar-refractivity contribution < 1.29 is 13.2 Å². The third-order valence-electron chi connectivity index (χ3n) is 4.65. The Bertz CT molecular complexity index is 909. The van der Waals surface area contributed by atoms with E-state index in [0.29, 0.717) is 19.5 Å². The second-order valence-corrected chi connectivity index (χ2v) is 8.57. The number of rotatable bonds is 6. The quantitative estimate of drug-likeness (QED) is 0.795. The van der Waals surface area contributed by atoms with Crippen LogP contribution in [-0.4, -0.2) is 50.0 Å². The number of aromatic nitrogens is 1. The lowest BCUT2D eigenvalue weighted by Gasteiger charge is -2.15. The molecular weight excluding hydrogens is 338 g/mol. The van der Waals surface area contributed by atoms with Crippen molar-refractivity contribution in [1.29, 1.82) is 0 Å². The fourth-order valence-corrected chi connectivity index (χ4v) is 3.69. The maximum atomic E-state index is 12.8. The van der Waals surface area contributed by atoms with E-state index in [1.807, 2.05) is 24.3 Å². The van der Waals surface area contributed by atoms with Gasteiger partial charge in [0.1, 0.15) is 0 Å². The van der Waals surface area contributed by atoms with E-state index in [0.717, 1.165) is 47.0 Å². The molecule has 3 rings (SSSR count). The largest absolute Gasteiger partial charge is 0.352 e. The molecule has 1 aliphatic rings. The first-order chi connectivity index (χ1) is 11.9. The summed E-state index contributed by atoms with van der Waals surface area (Å²) in [5.41, 5.74) is 3.67. The Hall–Kier alpha value is -1.99. The molecule has 0 fully saturated rings. The number of nitrogens with zero attached hydrogens (tertiary/aromatic N) is 2. The second kappa shape index (κ2) is 7.09. The predicted molar refractivity (Wildman–Crippen MR) is 98.2 cm³/mol. The molecule has 134 valence electrons. The van der Waals surface area contributed by atoms with Crippen molar-refractivity contribution in [1.82, 2.24) is 14.6 Å². The minimum Gasteiger partial charge on any atom is -0.352 e. The summed E-state index contributed by atoms with van der Waals surface area (Å²) in [6.45, 7) is 0.818. The minimum atomic E-state index is -3.18. The van der Waals surface area contributed by atoms with Crippen LogP contribution in [0.4, 0.5) is 0 Å². The first kappa shape index (κ1) is 17.8. The van der Waals surface area contributed by atoms with E-state index in [-0.39, 0.29) is 5.91 Å². The van der Waals surface area contributed by atoms with Gasteiger partial charge in [0.2, 0.25) is 10.0 Å². The summed E-state index contributed by atoms with van der Waals surface area (Å²) in [6.07, 6.45) is 4.57. The Morgan fingerprint density at radius 3 is 2.80 bits per heavy atom. The highest BCUT2D eigenvalue weighted by Gasteiger charge is 2.23. The van der Waals surface area contributed by atoms with Gasteiger partial charge in [-0.05, 0) is 37.3 Å². The Morgan fingerprint density at radius 1 is 1.28 bits per heavy atom. The number of carbonyl (C=O) groups excluding carboxylic acids is 1. The molecule has 6 nitrogen and oxygen atoms in total. The standard InChI is InChI=1S/C18H23N3O3S/c1-21(25(2,23)24)12-6-11-19-18(22)17-13-7-3-4-9-15(13)20-16-10-5-8-14(16)17/h3-4,7,9H,5-6,8,10-12H2,1-2H3,(H,19,22). The number of sulfonamides is 1. The summed E-state index contributed by atoms with van der Waals surface area (Å²) in [5, 5.41) is 3.82. The van der Waals surface area contributed by atoms with Crippen molar-refractivity contribution in [3.63, 3.8) is 0 Å². The number of nitrogens with one attached hydrogen (secondary N) is 1. The van der Waals surface area contributed by atoms with E-state index in [1.54, 1.807) is 7.05 Å². The molecule has 25 heavy (non-hydrogen) atoms. The number of carbonyl (C=O) groups is 1. The Labute approximate surface area is 148 Å². The van der Waals surface area contributed by atoms with Gasteiger partial charge in [-0.3, -0.25) is 9.78 Å². The lowest BCUT2D eigenvalue weighted by molar-refractivity contribution is 0.0953. The lowest BCUT2D eigenvalue weighted by atomic mass is 10.0. The highest BCUT2D eigenvalue weighted by molar-refractivity contribution is 7.88. The van der Waals surface area contributed by atoms with Crippen LogP contribution < -0.4 is 5.32 Å². The van der Waals surface area contributed by atoms with Crippen LogP contribution in [0.2, 0.25) is 0 Å². The summed E-state index contributed by atoms with van der Waals surface area (Å²) >= 11 is 0. The third kappa shape index (κ3) is 3.82. The average molecular weight is 361 g/mol. The zero-order chi connectivity index (χ0) is 18.0. The molecule has 1 aromatic carbocycles. The van der Waals surface area contributed by atoms with Crippen LogP contribution >= 0.6 is 0 Å². The van der Waals surface area contributed by atoms with Crippen molar-refractivity contribution >= 4 is 26.8 Å². The minimum absolute atomic E-state index is 0.0984. The van der Waals surface area contributed by atoms with E-state index >= 15 is 0 Å². The fourth-order valence-electron chi connectivity index (χ4n) is 3.23. The van der Waals surface area contributed by atoms with Crippen molar-refractivity contribution in [3.8, 4) is 0 Å². The summed E-state index contributed by atoms with van der Waals surface area (Å²) < 4.78 is 24.1. The van der Waals surface area contributed by atoms with Crippen molar-refractivity contribution in [2.24, 2.45) is 0 Å². The number of aryl methyl sites for hydroxylation is 1. The summed E-state index contributed by atoms with van der Waals surface area (Å²) in [7, 11) is -1.64. The van der Waals surface area contributed by atoms with Gasteiger partial charge in [0.05, 0.1) is 17.3 Å². The molecule has 0 aliphatic heterocycles. The zero-order valence-corrected chi connectivity index (χ0v) is 15.4. The highest BCUT2D eigenvalue weighted by atomic mass is 32.2. The SMILES string of the molecule is CN(CCCNC(=O)c1c2c(nc3ccccc13)CCC2)S(C)(=O)=O. The summed E-state index contributed by atoms with van der Waals surface area (Å²) in [4.78, 5) is 17.5. The van der Waals surface area contributed by atoms with Gasteiger partial charge in [0.25, 0.3) is 5.91 Å². The average Bonchev–Trinajstić information content (AvgIpc) is 3.02. The van der Waals surface area contributed by atoms with Crippen molar-refractivity contribution in [2.45, 2.75) is 25.7 Å². The molecule has 1 amide bonds. The van der Waals surface area contributed by atoms with Crippen LogP contribution in [0.15, 0.2) is 24.3 Å². The van der Waals surface area contributed by atoms with Crippen molar-refractivity contribution in [3.05, 3.63) is 41.1 Å². The molecule has 0 atom stereocenters.